The largest absolute Gasteiger partial charge is 0.494 e. The molecule has 4 aromatic rings. The van der Waals surface area contributed by atoms with Gasteiger partial charge in [0.2, 0.25) is 0 Å². The van der Waals surface area contributed by atoms with Crippen LogP contribution >= 0.6 is 0 Å². The van der Waals surface area contributed by atoms with Gasteiger partial charge in [0.05, 0.1) is 23.4 Å². The highest BCUT2D eigenvalue weighted by Crippen LogP contribution is 2.36. The van der Waals surface area contributed by atoms with Gasteiger partial charge >= 0.3 is 0 Å². The van der Waals surface area contributed by atoms with Gasteiger partial charge in [0.1, 0.15) is 12.5 Å². The Morgan fingerprint density at radius 1 is 1.11 bits per heavy atom. The van der Waals surface area contributed by atoms with Gasteiger partial charge in [0.25, 0.3) is 0 Å². The van der Waals surface area contributed by atoms with Gasteiger partial charge < -0.3 is 19.6 Å². The first-order chi connectivity index (χ1) is 13.7. The van der Waals surface area contributed by atoms with Crippen LogP contribution in [-0.4, -0.2) is 54.0 Å². The SMILES string of the molecule is COCCN(C)COc1ccc2nc(-c3c(O)[nH]c4ccccc34)ccc2c1. The number of ether oxygens (including phenoxy) is 2. The van der Waals surface area contributed by atoms with Gasteiger partial charge in [-0.2, -0.15) is 0 Å². The highest BCUT2D eigenvalue weighted by molar-refractivity contribution is 5.99. The van der Waals surface area contributed by atoms with Crippen LogP contribution in [0, 0.1) is 0 Å². The van der Waals surface area contributed by atoms with Crippen LogP contribution in [0.2, 0.25) is 0 Å². The van der Waals surface area contributed by atoms with E-state index in [1.54, 1.807) is 7.11 Å². The number of aromatic amines is 1. The Balaban J connectivity index is 1.59. The lowest BCUT2D eigenvalue weighted by Gasteiger charge is -2.17. The van der Waals surface area contributed by atoms with E-state index in [0.29, 0.717) is 13.3 Å². The summed E-state index contributed by atoms with van der Waals surface area (Å²) in [6, 6.07) is 17.6. The number of benzene rings is 2. The Morgan fingerprint density at radius 3 is 2.82 bits per heavy atom. The predicted octanol–water partition coefficient (Wildman–Crippen LogP) is 4.00. The van der Waals surface area contributed by atoms with E-state index in [1.807, 2.05) is 61.6 Å². The molecule has 6 heteroatoms. The number of nitrogens with zero attached hydrogens (tertiary/aromatic N) is 2. The molecule has 0 unspecified atom stereocenters. The van der Waals surface area contributed by atoms with Gasteiger partial charge in [-0.25, -0.2) is 4.98 Å². The number of likely N-dealkylation sites (N-methyl/N-ethyl adjacent to an activating group) is 1. The average Bonchev–Trinajstić information content (AvgIpc) is 3.05. The molecule has 0 bridgehead atoms. The molecule has 0 fully saturated rings. The molecule has 0 aliphatic carbocycles. The molecule has 144 valence electrons. The minimum Gasteiger partial charge on any atom is -0.494 e. The van der Waals surface area contributed by atoms with E-state index in [4.69, 9.17) is 14.5 Å². The third kappa shape index (κ3) is 3.65. The van der Waals surface area contributed by atoms with Gasteiger partial charge in [-0.05, 0) is 37.4 Å². The first-order valence-corrected chi connectivity index (χ1v) is 9.17. The second kappa shape index (κ2) is 7.88. The zero-order valence-electron chi connectivity index (χ0n) is 16.0. The van der Waals surface area contributed by atoms with Crippen molar-refractivity contribution in [1.82, 2.24) is 14.9 Å². The summed E-state index contributed by atoms with van der Waals surface area (Å²) >= 11 is 0. The smallest absolute Gasteiger partial charge is 0.199 e. The van der Waals surface area contributed by atoms with Crippen molar-refractivity contribution >= 4 is 21.8 Å². The van der Waals surface area contributed by atoms with Crippen molar-refractivity contribution in [3.05, 3.63) is 54.6 Å². The lowest BCUT2D eigenvalue weighted by atomic mass is 10.1. The van der Waals surface area contributed by atoms with Gasteiger partial charge in [0.15, 0.2) is 5.88 Å². The molecule has 2 N–H and O–H groups in total. The molecule has 0 saturated carbocycles. The standard InChI is InChI=1S/C22H23N3O3/c1-25(11-12-27-2)14-28-16-8-10-18-15(13-16)7-9-20(23-18)21-17-5-3-4-6-19(17)24-22(21)26/h3-10,13,24,26H,11-12,14H2,1-2H3. The number of aromatic hydroxyl groups is 1. The monoisotopic (exact) mass is 377 g/mol. The Morgan fingerprint density at radius 2 is 1.96 bits per heavy atom. The molecular weight excluding hydrogens is 354 g/mol. The maximum absolute atomic E-state index is 10.4. The summed E-state index contributed by atoms with van der Waals surface area (Å²) < 4.78 is 10.9. The summed E-state index contributed by atoms with van der Waals surface area (Å²) in [5.41, 5.74) is 3.19. The van der Waals surface area contributed by atoms with Crippen molar-refractivity contribution in [2.75, 3.05) is 34.0 Å². The molecule has 2 aromatic carbocycles. The van der Waals surface area contributed by atoms with Gasteiger partial charge in [0, 0.05) is 29.9 Å². The van der Waals surface area contributed by atoms with Crippen LogP contribution in [0.25, 0.3) is 33.1 Å². The third-order valence-corrected chi connectivity index (χ3v) is 4.73. The summed E-state index contributed by atoms with van der Waals surface area (Å²) in [5, 5.41) is 12.3. The molecule has 0 aliphatic heterocycles. The summed E-state index contributed by atoms with van der Waals surface area (Å²) in [5.74, 6) is 0.924. The molecule has 0 amide bonds. The fourth-order valence-corrected chi connectivity index (χ4v) is 3.22. The number of aromatic nitrogens is 2. The molecule has 0 radical (unpaired) electrons. The zero-order chi connectivity index (χ0) is 19.5. The maximum atomic E-state index is 10.4. The van der Waals surface area contributed by atoms with E-state index in [9.17, 15) is 5.11 Å². The number of pyridine rings is 1. The van der Waals surface area contributed by atoms with Crippen molar-refractivity contribution in [1.29, 1.82) is 0 Å². The van der Waals surface area contributed by atoms with Crippen LogP contribution in [0.4, 0.5) is 0 Å². The van der Waals surface area contributed by atoms with E-state index < -0.39 is 0 Å². The number of para-hydroxylation sites is 1. The number of fused-ring (bicyclic) bond motifs is 2. The molecule has 0 aliphatic rings. The highest BCUT2D eigenvalue weighted by atomic mass is 16.5. The summed E-state index contributed by atoms with van der Waals surface area (Å²) in [7, 11) is 3.68. The number of rotatable bonds is 7. The van der Waals surface area contributed by atoms with E-state index in [1.165, 1.54) is 0 Å². The molecule has 28 heavy (non-hydrogen) atoms. The maximum Gasteiger partial charge on any atom is 0.199 e. The third-order valence-electron chi connectivity index (χ3n) is 4.73. The van der Waals surface area contributed by atoms with Crippen molar-refractivity contribution < 1.29 is 14.6 Å². The average molecular weight is 377 g/mol. The molecule has 6 nitrogen and oxygen atoms in total. The molecule has 2 aromatic heterocycles. The van der Waals surface area contributed by atoms with Crippen LogP contribution in [-0.2, 0) is 4.74 Å². The normalized spacial score (nSPS) is 11.5. The Hall–Kier alpha value is -3.09. The van der Waals surface area contributed by atoms with Crippen molar-refractivity contribution in [2.45, 2.75) is 0 Å². The number of hydrogen-bond acceptors (Lipinski definition) is 5. The van der Waals surface area contributed by atoms with Crippen LogP contribution in [0.1, 0.15) is 0 Å². The van der Waals surface area contributed by atoms with E-state index in [-0.39, 0.29) is 5.88 Å². The summed E-state index contributed by atoms with van der Waals surface area (Å²) in [6.07, 6.45) is 0. The van der Waals surface area contributed by atoms with Crippen molar-refractivity contribution in [2.24, 2.45) is 0 Å². The number of hydrogen-bond donors (Lipinski definition) is 2. The van der Waals surface area contributed by atoms with Gasteiger partial charge in [-0.1, -0.05) is 24.3 Å². The van der Waals surface area contributed by atoms with Crippen molar-refractivity contribution in [3.8, 4) is 22.9 Å². The minimum atomic E-state index is 0.132. The first kappa shape index (κ1) is 18.3. The Labute approximate surface area is 163 Å². The van der Waals surface area contributed by atoms with E-state index >= 15 is 0 Å². The fraction of sp³-hybridized carbons (Fsp3) is 0.227. The second-order valence-corrected chi connectivity index (χ2v) is 6.79. The summed E-state index contributed by atoms with van der Waals surface area (Å²) in [4.78, 5) is 9.80. The lowest BCUT2D eigenvalue weighted by molar-refractivity contribution is 0.108. The minimum absolute atomic E-state index is 0.132. The van der Waals surface area contributed by atoms with Crippen LogP contribution in [0.5, 0.6) is 11.6 Å². The second-order valence-electron chi connectivity index (χ2n) is 6.79. The summed E-state index contributed by atoms with van der Waals surface area (Å²) in [6.45, 7) is 1.97. The molecule has 2 heterocycles. The Kier molecular flexibility index (Phi) is 5.14. The molecule has 0 spiro atoms. The molecular formula is C22H23N3O3. The molecule has 0 atom stereocenters. The zero-order valence-corrected chi connectivity index (χ0v) is 16.0. The van der Waals surface area contributed by atoms with Crippen molar-refractivity contribution in [3.63, 3.8) is 0 Å². The van der Waals surface area contributed by atoms with E-state index in [2.05, 4.69) is 9.88 Å². The van der Waals surface area contributed by atoms with Gasteiger partial charge in [-0.15, -0.1) is 0 Å². The van der Waals surface area contributed by atoms with Crippen LogP contribution in [0.3, 0.4) is 0 Å². The molecule has 4 rings (SSSR count). The number of nitrogens with one attached hydrogen (secondary N) is 1. The number of H-pyrrole nitrogens is 1. The quantitative estimate of drug-likeness (QED) is 0.476. The predicted molar refractivity (Wildman–Crippen MR) is 111 cm³/mol. The Bertz CT molecular complexity index is 1110. The highest BCUT2D eigenvalue weighted by Gasteiger charge is 2.14. The fourth-order valence-electron chi connectivity index (χ4n) is 3.22. The van der Waals surface area contributed by atoms with Crippen LogP contribution in [0.15, 0.2) is 54.6 Å². The number of methoxy groups -OCH3 is 1. The topological polar surface area (TPSA) is 70.6 Å². The first-order valence-electron chi connectivity index (χ1n) is 9.17. The molecule has 0 saturated heterocycles. The van der Waals surface area contributed by atoms with E-state index in [0.717, 1.165) is 45.4 Å². The lowest BCUT2D eigenvalue weighted by Crippen LogP contribution is -2.27. The van der Waals surface area contributed by atoms with Gasteiger partial charge in [-0.3, -0.25) is 4.90 Å². The van der Waals surface area contributed by atoms with Crippen LogP contribution < -0.4 is 4.74 Å².